The van der Waals surface area contributed by atoms with Gasteiger partial charge in [0, 0.05) is 0 Å². The first-order valence-corrected chi connectivity index (χ1v) is 14.2. The second-order valence-electron chi connectivity index (χ2n) is 15.1. The van der Waals surface area contributed by atoms with Crippen LogP contribution in [0, 0.1) is 50.2 Å². The second kappa shape index (κ2) is 7.36. The van der Waals surface area contributed by atoms with Crippen LogP contribution in [-0.4, -0.2) is 24.3 Å². The predicted octanol–water partition coefficient (Wildman–Crippen LogP) is 7.32. The lowest BCUT2D eigenvalue weighted by Crippen LogP contribution is -2.64. The lowest BCUT2D eigenvalue weighted by atomic mass is 9.33. The van der Waals surface area contributed by atoms with E-state index >= 15 is 0 Å². The van der Waals surface area contributed by atoms with Crippen molar-refractivity contribution >= 4 is 5.97 Å². The molecule has 3 heteroatoms. The molecule has 0 radical (unpaired) electrons. The Hall–Kier alpha value is -0.830. The molecule has 5 rings (SSSR count). The average molecular weight is 471 g/mol. The summed E-state index contributed by atoms with van der Waals surface area (Å²) >= 11 is 0. The van der Waals surface area contributed by atoms with Crippen molar-refractivity contribution in [2.24, 2.45) is 50.2 Å². The molecule has 0 saturated heterocycles. The van der Waals surface area contributed by atoms with E-state index in [2.05, 4.69) is 54.5 Å². The molecule has 34 heavy (non-hydrogen) atoms. The van der Waals surface area contributed by atoms with Crippen molar-refractivity contribution in [1.82, 2.24) is 0 Å². The van der Waals surface area contributed by atoms with Gasteiger partial charge in [-0.15, -0.1) is 0 Å². The number of aliphatic hydroxyl groups excluding tert-OH is 1. The maximum Gasteiger partial charge on any atom is 0.311 e. The molecule has 0 heterocycles. The number of carbonyl (C=O) groups is 1. The second-order valence-corrected chi connectivity index (χ2v) is 15.1. The minimum absolute atomic E-state index is 0.00391. The van der Waals surface area contributed by atoms with E-state index in [0.717, 1.165) is 32.1 Å². The molecule has 0 unspecified atom stereocenters. The van der Waals surface area contributed by atoms with Gasteiger partial charge in [-0.05, 0) is 116 Å². The van der Waals surface area contributed by atoms with E-state index in [1.54, 1.807) is 12.7 Å². The fourth-order valence-corrected chi connectivity index (χ4v) is 10.8. The normalized spacial score (nSPS) is 54.0. The first-order chi connectivity index (χ1) is 15.7. The molecule has 0 aromatic heterocycles. The van der Waals surface area contributed by atoms with Gasteiger partial charge >= 0.3 is 5.97 Å². The van der Waals surface area contributed by atoms with E-state index in [9.17, 15) is 9.90 Å². The van der Waals surface area contributed by atoms with Gasteiger partial charge in [0.05, 0.1) is 18.6 Å². The van der Waals surface area contributed by atoms with Crippen molar-refractivity contribution in [2.45, 2.75) is 119 Å². The Morgan fingerprint density at radius 2 is 1.59 bits per heavy atom. The van der Waals surface area contributed by atoms with E-state index in [0.29, 0.717) is 23.2 Å². The van der Waals surface area contributed by atoms with Gasteiger partial charge in [-0.3, -0.25) is 4.79 Å². The number of methoxy groups -OCH3 is 1. The molecule has 192 valence electrons. The molecule has 0 spiro atoms. The highest BCUT2D eigenvalue weighted by atomic mass is 16.5. The van der Waals surface area contributed by atoms with Crippen molar-refractivity contribution in [3.63, 3.8) is 0 Å². The molecule has 5 aliphatic carbocycles. The SMILES string of the molecule is COC(=O)[C@]1(C)CC[C@]2(C)CC[C@]3(C)C(=CC[C@@H]4[C@]5(C)CC[C@H](O)C(C)(C)[C@@H]5CC[C@]43C)[C@H]2C1. The average Bonchev–Trinajstić information content (AvgIpc) is 2.77. The third-order valence-corrected chi connectivity index (χ3v) is 13.5. The summed E-state index contributed by atoms with van der Waals surface area (Å²) in [6.45, 7) is 17.1. The summed E-state index contributed by atoms with van der Waals surface area (Å²) in [5.41, 5.74) is 2.39. The van der Waals surface area contributed by atoms with Crippen LogP contribution in [0.25, 0.3) is 0 Å². The van der Waals surface area contributed by atoms with Crippen molar-refractivity contribution in [2.75, 3.05) is 7.11 Å². The Kier molecular flexibility index (Phi) is 5.38. The number of allylic oxidation sites excluding steroid dienone is 2. The summed E-state index contributed by atoms with van der Waals surface area (Å²) in [6.07, 6.45) is 13.8. The van der Waals surface area contributed by atoms with Crippen LogP contribution in [-0.2, 0) is 9.53 Å². The maximum absolute atomic E-state index is 12.8. The van der Waals surface area contributed by atoms with E-state index in [1.807, 2.05) is 0 Å². The molecule has 9 atom stereocenters. The Morgan fingerprint density at radius 1 is 0.912 bits per heavy atom. The topological polar surface area (TPSA) is 46.5 Å². The van der Waals surface area contributed by atoms with Crippen molar-refractivity contribution in [1.29, 1.82) is 0 Å². The molecule has 0 aromatic rings. The summed E-state index contributed by atoms with van der Waals surface area (Å²) < 4.78 is 5.29. The van der Waals surface area contributed by atoms with Gasteiger partial charge in [0.15, 0.2) is 0 Å². The van der Waals surface area contributed by atoms with Gasteiger partial charge in [0.1, 0.15) is 0 Å². The maximum atomic E-state index is 12.8. The highest BCUT2D eigenvalue weighted by Gasteiger charge is 2.68. The fraction of sp³-hybridized carbons (Fsp3) is 0.903. The minimum Gasteiger partial charge on any atom is -0.469 e. The third-order valence-electron chi connectivity index (χ3n) is 13.5. The minimum atomic E-state index is -0.358. The van der Waals surface area contributed by atoms with Crippen LogP contribution in [0.4, 0.5) is 0 Å². The number of carbonyl (C=O) groups excluding carboxylic acids is 1. The zero-order valence-corrected chi connectivity index (χ0v) is 23.2. The van der Waals surface area contributed by atoms with Gasteiger partial charge in [0.25, 0.3) is 0 Å². The molecule has 0 amide bonds. The number of esters is 1. The van der Waals surface area contributed by atoms with Gasteiger partial charge in [-0.2, -0.15) is 0 Å². The van der Waals surface area contributed by atoms with Gasteiger partial charge < -0.3 is 9.84 Å². The van der Waals surface area contributed by atoms with E-state index in [1.165, 1.54) is 32.1 Å². The number of hydrogen-bond donors (Lipinski definition) is 1. The van der Waals surface area contributed by atoms with E-state index in [-0.39, 0.29) is 39.1 Å². The first kappa shape index (κ1) is 24.8. The van der Waals surface area contributed by atoms with Crippen molar-refractivity contribution in [3.05, 3.63) is 11.6 Å². The van der Waals surface area contributed by atoms with Crippen molar-refractivity contribution < 1.29 is 14.6 Å². The Labute approximate surface area is 208 Å². The third kappa shape index (κ3) is 2.94. The molecule has 4 fully saturated rings. The Bertz CT molecular complexity index is 904. The lowest BCUT2D eigenvalue weighted by Gasteiger charge is -2.71. The predicted molar refractivity (Wildman–Crippen MR) is 137 cm³/mol. The van der Waals surface area contributed by atoms with Crippen molar-refractivity contribution in [3.8, 4) is 0 Å². The highest BCUT2D eigenvalue weighted by Crippen LogP contribution is 2.75. The molecule has 0 aliphatic heterocycles. The molecular formula is C31H50O3. The smallest absolute Gasteiger partial charge is 0.311 e. The van der Waals surface area contributed by atoms with Crippen LogP contribution < -0.4 is 0 Å². The summed E-state index contributed by atoms with van der Waals surface area (Å²) in [6, 6.07) is 0. The number of ether oxygens (including phenoxy) is 1. The molecule has 5 aliphatic rings. The number of rotatable bonds is 1. The van der Waals surface area contributed by atoms with Crippen LogP contribution >= 0.6 is 0 Å². The van der Waals surface area contributed by atoms with E-state index in [4.69, 9.17) is 4.74 Å². The highest BCUT2D eigenvalue weighted by molar-refractivity contribution is 5.76. The monoisotopic (exact) mass is 470 g/mol. The van der Waals surface area contributed by atoms with Crippen LogP contribution in [0.5, 0.6) is 0 Å². The van der Waals surface area contributed by atoms with Crippen LogP contribution in [0.2, 0.25) is 0 Å². The number of hydrogen-bond acceptors (Lipinski definition) is 3. The fourth-order valence-electron chi connectivity index (χ4n) is 10.8. The Morgan fingerprint density at radius 3 is 2.26 bits per heavy atom. The number of aliphatic hydroxyl groups is 1. The largest absolute Gasteiger partial charge is 0.469 e. The summed E-state index contributed by atoms with van der Waals surface area (Å²) in [4.78, 5) is 12.8. The summed E-state index contributed by atoms with van der Waals surface area (Å²) in [5, 5.41) is 10.9. The molecule has 4 saturated carbocycles. The lowest BCUT2D eigenvalue weighted by molar-refractivity contribution is -0.203. The van der Waals surface area contributed by atoms with E-state index < -0.39 is 0 Å². The first-order valence-electron chi connectivity index (χ1n) is 14.2. The van der Waals surface area contributed by atoms with Crippen LogP contribution in [0.1, 0.15) is 113 Å². The molecule has 0 bridgehead atoms. The summed E-state index contributed by atoms with van der Waals surface area (Å²) in [7, 11) is 1.56. The molecular weight excluding hydrogens is 420 g/mol. The molecule has 0 aromatic carbocycles. The number of fused-ring (bicyclic) bond motifs is 7. The van der Waals surface area contributed by atoms with Crippen LogP contribution in [0.3, 0.4) is 0 Å². The zero-order valence-electron chi connectivity index (χ0n) is 23.2. The zero-order chi connectivity index (χ0) is 24.9. The van der Waals surface area contributed by atoms with Gasteiger partial charge in [0.2, 0.25) is 0 Å². The van der Waals surface area contributed by atoms with Gasteiger partial charge in [-0.25, -0.2) is 0 Å². The summed E-state index contributed by atoms with van der Waals surface area (Å²) in [5.74, 6) is 1.72. The van der Waals surface area contributed by atoms with Crippen LogP contribution in [0.15, 0.2) is 11.6 Å². The van der Waals surface area contributed by atoms with Gasteiger partial charge in [-0.1, -0.05) is 53.2 Å². The quantitative estimate of drug-likeness (QED) is 0.322. The molecule has 3 nitrogen and oxygen atoms in total. The Balaban J connectivity index is 1.56. The standard InChI is InChI=1S/C31H50O3/c1-26(2)22-11-14-31(7)23(29(22,5)13-12-24(26)32)10-9-20-21-19-28(4,25(33)34-8)16-15-27(21,3)17-18-30(20,31)6/h9,21-24,32H,10-19H2,1-8H3/t21-,22+,23-,24+,27-,28-,29-,30-,31-/m1/s1. The molecule has 1 N–H and O–H groups in total.